The van der Waals surface area contributed by atoms with Gasteiger partial charge in [0, 0.05) is 23.7 Å². The fourth-order valence-corrected chi connectivity index (χ4v) is 2.66. The van der Waals surface area contributed by atoms with E-state index in [9.17, 15) is 9.59 Å². The summed E-state index contributed by atoms with van der Waals surface area (Å²) in [6.07, 6.45) is 1.45. The summed E-state index contributed by atoms with van der Waals surface area (Å²) in [5, 5.41) is 0.535. The Morgan fingerprint density at radius 1 is 1.12 bits per heavy atom. The maximum Gasteiger partial charge on any atom is 0.349 e. The molecular weight excluding hydrogens is 330 g/mol. The molecule has 1 fully saturated rings. The maximum atomic E-state index is 11.8. The van der Waals surface area contributed by atoms with Crippen molar-refractivity contribution in [3.63, 3.8) is 0 Å². The van der Waals surface area contributed by atoms with Crippen molar-refractivity contribution in [3.8, 4) is 11.5 Å². The Morgan fingerprint density at radius 2 is 1.92 bits per heavy atom. The molecule has 0 bridgehead atoms. The van der Waals surface area contributed by atoms with Crippen LogP contribution in [-0.4, -0.2) is 25.0 Å². The normalized spacial score (nSPS) is 13.9. The van der Waals surface area contributed by atoms with Crippen LogP contribution in [0.25, 0.3) is 0 Å². The third-order valence-corrected chi connectivity index (χ3v) is 3.84. The van der Waals surface area contributed by atoms with Gasteiger partial charge in [0.05, 0.1) is 0 Å². The van der Waals surface area contributed by atoms with E-state index in [0.717, 1.165) is 18.7 Å². The van der Waals surface area contributed by atoms with Crippen LogP contribution in [0.5, 0.6) is 11.5 Å². The van der Waals surface area contributed by atoms with Gasteiger partial charge >= 0.3 is 5.97 Å². The first-order chi connectivity index (χ1) is 11.6. The van der Waals surface area contributed by atoms with Crippen LogP contribution in [0.3, 0.4) is 0 Å². The van der Waals surface area contributed by atoms with Crippen LogP contribution in [0.1, 0.15) is 12.8 Å². The van der Waals surface area contributed by atoms with Crippen LogP contribution in [0.2, 0.25) is 5.02 Å². The predicted octanol–water partition coefficient (Wildman–Crippen LogP) is 3.45. The van der Waals surface area contributed by atoms with E-state index in [4.69, 9.17) is 21.1 Å². The molecule has 1 aliphatic rings. The number of rotatable bonds is 5. The number of halogens is 1. The highest BCUT2D eigenvalue weighted by atomic mass is 35.5. The van der Waals surface area contributed by atoms with Gasteiger partial charge in [0.1, 0.15) is 11.5 Å². The van der Waals surface area contributed by atoms with Crippen LogP contribution in [-0.2, 0) is 9.59 Å². The van der Waals surface area contributed by atoms with Crippen LogP contribution in [0, 0.1) is 0 Å². The number of benzene rings is 2. The smallest absolute Gasteiger partial charge is 0.349 e. The van der Waals surface area contributed by atoms with Crippen molar-refractivity contribution in [3.05, 3.63) is 53.6 Å². The predicted molar refractivity (Wildman–Crippen MR) is 90.6 cm³/mol. The average Bonchev–Trinajstić information content (AvgIpc) is 3.00. The molecule has 0 saturated carbocycles. The average molecular weight is 346 g/mol. The van der Waals surface area contributed by atoms with Crippen LogP contribution >= 0.6 is 11.6 Å². The van der Waals surface area contributed by atoms with Gasteiger partial charge < -0.3 is 14.4 Å². The van der Waals surface area contributed by atoms with E-state index in [2.05, 4.69) is 0 Å². The van der Waals surface area contributed by atoms with Gasteiger partial charge in [0.15, 0.2) is 6.61 Å². The second kappa shape index (κ2) is 7.36. The second-order valence-corrected chi connectivity index (χ2v) is 5.80. The van der Waals surface area contributed by atoms with Crippen molar-refractivity contribution < 1.29 is 19.1 Å². The van der Waals surface area contributed by atoms with E-state index in [0.29, 0.717) is 22.9 Å². The minimum absolute atomic E-state index is 0.120. The molecule has 0 N–H and O–H groups in total. The molecule has 5 nitrogen and oxygen atoms in total. The maximum absolute atomic E-state index is 11.8. The van der Waals surface area contributed by atoms with E-state index < -0.39 is 5.97 Å². The Hall–Kier alpha value is -2.53. The Labute approximate surface area is 144 Å². The molecule has 3 rings (SSSR count). The second-order valence-electron chi connectivity index (χ2n) is 5.36. The first kappa shape index (κ1) is 16.3. The summed E-state index contributed by atoms with van der Waals surface area (Å²) < 4.78 is 10.5. The molecule has 0 unspecified atom stereocenters. The van der Waals surface area contributed by atoms with Crippen molar-refractivity contribution in [1.82, 2.24) is 0 Å². The fourth-order valence-electron chi connectivity index (χ4n) is 2.48. The number of ether oxygens (including phenoxy) is 2. The highest BCUT2D eigenvalue weighted by molar-refractivity contribution is 6.30. The van der Waals surface area contributed by atoms with Crippen LogP contribution in [0.15, 0.2) is 48.5 Å². The molecule has 0 aromatic heterocycles. The zero-order chi connectivity index (χ0) is 16.9. The van der Waals surface area contributed by atoms with Crippen LogP contribution in [0.4, 0.5) is 5.69 Å². The third-order valence-electron chi connectivity index (χ3n) is 3.61. The topological polar surface area (TPSA) is 55.8 Å². The summed E-state index contributed by atoms with van der Waals surface area (Å²) in [4.78, 5) is 25.2. The number of anilines is 1. The number of hydrogen-bond donors (Lipinski definition) is 0. The number of esters is 1. The summed E-state index contributed by atoms with van der Waals surface area (Å²) in [5.41, 5.74) is 0.812. The summed E-state index contributed by atoms with van der Waals surface area (Å²) in [6.45, 7) is 0.512. The number of amides is 1. The molecule has 6 heteroatoms. The van der Waals surface area contributed by atoms with E-state index >= 15 is 0 Å². The fraction of sp³-hybridized carbons (Fsp3) is 0.222. The quantitative estimate of drug-likeness (QED) is 0.615. The highest BCUT2D eigenvalue weighted by Crippen LogP contribution is 2.24. The van der Waals surface area contributed by atoms with E-state index in [1.54, 1.807) is 53.4 Å². The molecule has 0 spiro atoms. The molecule has 0 radical (unpaired) electrons. The molecule has 124 valence electrons. The van der Waals surface area contributed by atoms with Gasteiger partial charge in [-0.3, -0.25) is 4.79 Å². The lowest BCUT2D eigenvalue weighted by Gasteiger charge is -2.15. The van der Waals surface area contributed by atoms with Gasteiger partial charge in [0.2, 0.25) is 5.91 Å². The Morgan fingerprint density at radius 3 is 2.58 bits per heavy atom. The molecule has 0 atom stereocenters. The summed E-state index contributed by atoms with van der Waals surface area (Å²) in [7, 11) is 0. The van der Waals surface area contributed by atoms with Crippen molar-refractivity contribution in [2.24, 2.45) is 0 Å². The minimum Gasteiger partial charge on any atom is -0.482 e. The van der Waals surface area contributed by atoms with Gasteiger partial charge in [-0.05, 0) is 48.9 Å². The van der Waals surface area contributed by atoms with E-state index in [1.165, 1.54) is 0 Å². The lowest BCUT2D eigenvalue weighted by molar-refractivity contribution is -0.136. The first-order valence-electron chi connectivity index (χ1n) is 7.61. The number of carbonyl (C=O) groups is 2. The van der Waals surface area contributed by atoms with Crippen molar-refractivity contribution >= 4 is 29.2 Å². The molecule has 1 aliphatic heterocycles. The standard InChI is InChI=1S/C18H16ClNO4/c19-13-3-1-4-16(11-13)23-12-18(22)24-15-8-6-14(7-9-15)20-10-2-5-17(20)21/h1,3-4,6-9,11H,2,5,10,12H2. The van der Waals surface area contributed by atoms with Gasteiger partial charge in [-0.15, -0.1) is 0 Å². The Balaban J connectivity index is 1.53. The number of carbonyl (C=O) groups excluding carboxylic acids is 2. The van der Waals surface area contributed by atoms with Crippen molar-refractivity contribution in [2.75, 3.05) is 18.1 Å². The van der Waals surface area contributed by atoms with Crippen molar-refractivity contribution in [1.29, 1.82) is 0 Å². The molecule has 1 saturated heterocycles. The van der Waals surface area contributed by atoms with Gasteiger partial charge in [0.25, 0.3) is 0 Å². The largest absolute Gasteiger partial charge is 0.482 e. The van der Waals surface area contributed by atoms with Gasteiger partial charge in [-0.25, -0.2) is 4.79 Å². The number of nitrogens with zero attached hydrogens (tertiary/aromatic N) is 1. The van der Waals surface area contributed by atoms with E-state index in [1.807, 2.05) is 0 Å². The van der Waals surface area contributed by atoms with Gasteiger partial charge in [-0.2, -0.15) is 0 Å². The molecule has 2 aromatic rings. The zero-order valence-electron chi connectivity index (χ0n) is 12.9. The molecule has 2 aromatic carbocycles. The first-order valence-corrected chi connectivity index (χ1v) is 7.99. The molecular formula is C18H16ClNO4. The Bertz CT molecular complexity index is 745. The monoisotopic (exact) mass is 345 g/mol. The molecule has 0 aliphatic carbocycles. The minimum atomic E-state index is -0.514. The highest BCUT2D eigenvalue weighted by Gasteiger charge is 2.21. The molecule has 1 heterocycles. The van der Waals surface area contributed by atoms with Crippen LogP contribution < -0.4 is 14.4 Å². The zero-order valence-corrected chi connectivity index (χ0v) is 13.7. The van der Waals surface area contributed by atoms with Crippen molar-refractivity contribution in [2.45, 2.75) is 12.8 Å². The van der Waals surface area contributed by atoms with E-state index in [-0.39, 0.29) is 12.5 Å². The third kappa shape index (κ3) is 4.06. The Kier molecular flexibility index (Phi) is 5.01. The summed E-state index contributed by atoms with van der Waals surface area (Å²) in [5.74, 6) is 0.516. The van der Waals surface area contributed by atoms with Gasteiger partial charge in [-0.1, -0.05) is 17.7 Å². The molecule has 1 amide bonds. The lowest BCUT2D eigenvalue weighted by Crippen LogP contribution is -2.23. The summed E-state index contributed by atoms with van der Waals surface area (Å²) in [6, 6.07) is 13.7. The lowest BCUT2D eigenvalue weighted by atomic mass is 10.3. The summed E-state index contributed by atoms with van der Waals surface area (Å²) >= 11 is 5.84. The number of hydrogen-bond acceptors (Lipinski definition) is 4. The molecule has 24 heavy (non-hydrogen) atoms. The SMILES string of the molecule is O=C(COc1cccc(Cl)c1)Oc1ccc(N2CCCC2=O)cc1.